The van der Waals surface area contributed by atoms with E-state index >= 15 is 0 Å². The summed E-state index contributed by atoms with van der Waals surface area (Å²) in [7, 11) is 0. The molecule has 0 radical (unpaired) electrons. The second-order valence-electron chi connectivity index (χ2n) is 2.24. The molecule has 0 unspecified atom stereocenters. The molecule has 4 nitrogen and oxygen atoms in total. The lowest BCUT2D eigenvalue weighted by atomic mass is 10.3. The van der Waals surface area contributed by atoms with E-state index in [4.69, 9.17) is 32.0 Å². The Labute approximate surface area is 83.5 Å². The minimum Gasteiger partial charge on any atom is -0.452 e. The van der Waals surface area contributed by atoms with Crippen molar-refractivity contribution < 1.29 is 8.83 Å². The molecule has 0 saturated heterocycles. The lowest BCUT2D eigenvalue weighted by Crippen LogP contribution is -1.74. The minimum absolute atomic E-state index is 0.183. The van der Waals surface area contributed by atoms with E-state index in [1.807, 2.05) is 0 Å². The van der Waals surface area contributed by atoms with Crippen LogP contribution in [0.25, 0.3) is 11.5 Å². The lowest BCUT2D eigenvalue weighted by Gasteiger charge is -1.86. The highest BCUT2D eigenvalue weighted by Crippen LogP contribution is 2.27. The maximum absolute atomic E-state index is 5.70. The van der Waals surface area contributed by atoms with Crippen LogP contribution in [0.2, 0.25) is 5.22 Å². The Morgan fingerprint density at radius 1 is 1.38 bits per heavy atom. The van der Waals surface area contributed by atoms with E-state index < -0.39 is 0 Å². The second kappa shape index (κ2) is 3.40. The van der Waals surface area contributed by atoms with E-state index in [1.54, 1.807) is 6.07 Å². The van der Waals surface area contributed by atoms with Gasteiger partial charge in [-0.25, -0.2) is 0 Å². The van der Waals surface area contributed by atoms with Gasteiger partial charge in [0.2, 0.25) is 11.1 Å². The summed E-state index contributed by atoms with van der Waals surface area (Å²) in [6, 6.07) is 1.65. The highest BCUT2D eigenvalue weighted by molar-refractivity contribution is 6.31. The van der Waals surface area contributed by atoms with Gasteiger partial charge < -0.3 is 8.83 Å². The average Bonchev–Trinajstić information content (AvgIpc) is 2.71. The van der Waals surface area contributed by atoms with Crippen molar-refractivity contribution in [2.24, 2.45) is 0 Å². The van der Waals surface area contributed by atoms with Crippen LogP contribution in [0.5, 0.6) is 0 Å². The Balaban J connectivity index is 2.41. The van der Waals surface area contributed by atoms with Gasteiger partial charge in [-0.05, 0) is 17.7 Å². The number of hydrogen-bond acceptors (Lipinski definition) is 4. The summed E-state index contributed by atoms with van der Waals surface area (Å²) in [6.07, 6.45) is 1.45. The molecule has 0 bridgehead atoms. The molecule has 13 heavy (non-hydrogen) atoms. The third kappa shape index (κ3) is 1.55. The van der Waals surface area contributed by atoms with Crippen LogP contribution in [0.4, 0.5) is 0 Å². The molecular formula is C7H4Cl2N2O2. The zero-order valence-corrected chi connectivity index (χ0v) is 7.84. The maximum atomic E-state index is 5.70. The van der Waals surface area contributed by atoms with E-state index in [0.29, 0.717) is 17.3 Å². The molecule has 2 aromatic heterocycles. The van der Waals surface area contributed by atoms with E-state index in [9.17, 15) is 0 Å². The Morgan fingerprint density at radius 2 is 2.23 bits per heavy atom. The fraction of sp³-hybridized carbons (Fsp3) is 0.143. The van der Waals surface area contributed by atoms with Gasteiger partial charge in [0.25, 0.3) is 5.89 Å². The molecule has 2 aromatic rings. The Bertz CT molecular complexity index is 410. The van der Waals surface area contributed by atoms with Gasteiger partial charge in [0.15, 0.2) is 0 Å². The van der Waals surface area contributed by atoms with Crippen LogP contribution in [0.3, 0.4) is 0 Å². The summed E-state index contributed by atoms with van der Waals surface area (Å²) in [5, 5.41) is 7.65. The number of nitrogens with zero attached hydrogens (tertiary/aromatic N) is 2. The van der Waals surface area contributed by atoms with Gasteiger partial charge in [-0.15, -0.1) is 21.8 Å². The molecule has 6 heteroatoms. The van der Waals surface area contributed by atoms with Crippen molar-refractivity contribution in [3.8, 4) is 11.5 Å². The lowest BCUT2D eigenvalue weighted by molar-refractivity contribution is 0.524. The summed E-state index contributed by atoms with van der Waals surface area (Å²) in [5.74, 6) is 0.853. The third-order valence-electron chi connectivity index (χ3n) is 1.43. The van der Waals surface area contributed by atoms with E-state index in [2.05, 4.69) is 10.2 Å². The summed E-state index contributed by atoms with van der Waals surface area (Å²) in [6.45, 7) is 0. The van der Waals surface area contributed by atoms with Crippen LogP contribution >= 0.6 is 23.2 Å². The van der Waals surface area contributed by atoms with Gasteiger partial charge >= 0.3 is 0 Å². The molecule has 0 aliphatic carbocycles. The normalized spacial score (nSPS) is 10.6. The molecule has 2 heterocycles. The Morgan fingerprint density at radius 3 is 2.77 bits per heavy atom. The number of alkyl halides is 1. The smallest absolute Gasteiger partial charge is 0.252 e. The molecular weight excluding hydrogens is 215 g/mol. The fourth-order valence-corrected chi connectivity index (χ4v) is 1.17. The molecule has 2 rings (SSSR count). The molecule has 68 valence electrons. The molecule has 0 fully saturated rings. The number of hydrogen-bond donors (Lipinski definition) is 0. The van der Waals surface area contributed by atoms with Crippen molar-refractivity contribution in [2.45, 2.75) is 5.88 Å². The summed E-state index contributed by atoms with van der Waals surface area (Å²) in [5.41, 5.74) is 0.575. The third-order valence-corrected chi connectivity index (χ3v) is 1.95. The number of halogens is 2. The van der Waals surface area contributed by atoms with E-state index in [1.165, 1.54) is 6.26 Å². The Kier molecular flexibility index (Phi) is 2.24. The fourth-order valence-electron chi connectivity index (χ4n) is 0.863. The van der Waals surface area contributed by atoms with Gasteiger partial charge in [-0.2, -0.15) is 0 Å². The first-order chi connectivity index (χ1) is 6.31. The average molecular weight is 219 g/mol. The number of rotatable bonds is 2. The van der Waals surface area contributed by atoms with Gasteiger partial charge in [-0.1, -0.05) is 0 Å². The summed E-state index contributed by atoms with van der Waals surface area (Å²) >= 11 is 11.2. The topological polar surface area (TPSA) is 52.1 Å². The molecule has 0 aliphatic rings. The van der Waals surface area contributed by atoms with Crippen LogP contribution in [0.15, 0.2) is 21.2 Å². The van der Waals surface area contributed by atoms with Crippen molar-refractivity contribution in [3.05, 3.63) is 23.4 Å². The minimum atomic E-state index is 0.183. The van der Waals surface area contributed by atoms with Crippen molar-refractivity contribution in [1.82, 2.24) is 10.2 Å². The molecule has 0 saturated carbocycles. The van der Waals surface area contributed by atoms with Crippen LogP contribution in [-0.4, -0.2) is 10.2 Å². The maximum Gasteiger partial charge on any atom is 0.252 e. The largest absolute Gasteiger partial charge is 0.452 e. The summed E-state index contributed by atoms with van der Waals surface area (Å²) < 4.78 is 10.0. The molecule has 0 aliphatic heterocycles. The van der Waals surface area contributed by atoms with Gasteiger partial charge in [0, 0.05) is 0 Å². The highest BCUT2D eigenvalue weighted by atomic mass is 35.5. The monoisotopic (exact) mass is 218 g/mol. The van der Waals surface area contributed by atoms with Crippen LogP contribution < -0.4 is 0 Å². The van der Waals surface area contributed by atoms with Gasteiger partial charge in [0.1, 0.15) is 5.88 Å². The first-order valence-corrected chi connectivity index (χ1v) is 4.34. The first kappa shape index (κ1) is 8.59. The van der Waals surface area contributed by atoms with Crippen LogP contribution in [-0.2, 0) is 5.88 Å². The van der Waals surface area contributed by atoms with Crippen molar-refractivity contribution >= 4 is 23.2 Å². The first-order valence-electron chi connectivity index (χ1n) is 3.43. The SMILES string of the molecule is ClCc1nnc(-c2ccoc2Cl)o1. The molecule has 0 atom stereocenters. The zero-order valence-electron chi connectivity index (χ0n) is 6.33. The quantitative estimate of drug-likeness (QED) is 0.728. The molecule has 0 amide bonds. The zero-order chi connectivity index (χ0) is 9.26. The van der Waals surface area contributed by atoms with Gasteiger partial charge in [-0.3, -0.25) is 0 Å². The Hall–Kier alpha value is -1.000. The molecule has 0 aromatic carbocycles. The predicted molar refractivity (Wildman–Crippen MR) is 46.6 cm³/mol. The molecule has 0 N–H and O–H groups in total. The summed E-state index contributed by atoms with van der Waals surface area (Å²) in [4.78, 5) is 0. The van der Waals surface area contributed by atoms with E-state index in [0.717, 1.165) is 0 Å². The van der Waals surface area contributed by atoms with E-state index in [-0.39, 0.29) is 11.1 Å². The van der Waals surface area contributed by atoms with Gasteiger partial charge in [0.05, 0.1) is 11.8 Å². The number of furan rings is 1. The highest BCUT2D eigenvalue weighted by Gasteiger charge is 2.13. The standard InChI is InChI=1S/C7H4Cl2N2O2/c8-3-5-10-11-7(13-5)4-1-2-12-6(4)9/h1-2H,3H2. The van der Waals surface area contributed by atoms with Crippen molar-refractivity contribution in [1.29, 1.82) is 0 Å². The van der Waals surface area contributed by atoms with Crippen molar-refractivity contribution in [3.63, 3.8) is 0 Å². The predicted octanol–water partition coefficient (Wildman–Crippen LogP) is 2.72. The second-order valence-corrected chi connectivity index (χ2v) is 2.85. The van der Waals surface area contributed by atoms with Crippen LogP contribution in [0.1, 0.15) is 5.89 Å². The number of aromatic nitrogens is 2. The van der Waals surface area contributed by atoms with Crippen molar-refractivity contribution in [2.75, 3.05) is 0 Å². The molecule has 0 spiro atoms. The van der Waals surface area contributed by atoms with Crippen LogP contribution in [0, 0.1) is 0 Å².